The summed E-state index contributed by atoms with van der Waals surface area (Å²) in [7, 11) is 0. The van der Waals surface area contributed by atoms with Crippen molar-refractivity contribution in [3.63, 3.8) is 0 Å². The Kier molecular flexibility index (Phi) is 12.0. The Bertz CT molecular complexity index is 1480. The third-order valence-electron chi connectivity index (χ3n) is 7.52. The highest BCUT2D eigenvalue weighted by molar-refractivity contribution is 7.81. The molecule has 2 aromatic rings. The number of thiol groups is 1. The number of piperazine rings is 1. The minimum atomic E-state index is -1.46. The first-order chi connectivity index (χ1) is 22.5. The Balaban J connectivity index is 1.39. The van der Waals surface area contributed by atoms with E-state index in [2.05, 4.69) is 23.3 Å². The summed E-state index contributed by atoms with van der Waals surface area (Å²) < 4.78 is 16.1. The zero-order chi connectivity index (χ0) is 34.1. The molecule has 2 N–H and O–H groups in total. The topological polar surface area (TPSA) is 213 Å². The number of hydrogen-bond acceptors (Lipinski definition) is 13. The molecule has 0 bridgehead atoms. The van der Waals surface area contributed by atoms with Gasteiger partial charge in [0.05, 0.1) is 9.85 Å². The van der Waals surface area contributed by atoms with Crippen molar-refractivity contribution in [3.8, 4) is 0 Å². The molecule has 2 aromatic carbocycles. The van der Waals surface area contributed by atoms with E-state index in [0.29, 0.717) is 17.7 Å². The van der Waals surface area contributed by atoms with Crippen molar-refractivity contribution in [1.82, 2.24) is 20.4 Å². The monoisotopic (exact) mass is 674 g/mol. The summed E-state index contributed by atoms with van der Waals surface area (Å²) in [5.74, 6) is -1.11. The maximum Gasteiger partial charge on any atom is 0.410 e. The Morgan fingerprint density at radius 3 is 2.06 bits per heavy atom. The highest BCUT2D eigenvalue weighted by atomic mass is 32.1. The summed E-state index contributed by atoms with van der Waals surface area (Å²) in [6, 6.07) is 8.88. The number of nitro benzene ring substituents is 2. The number of nitrogens with one attached hydrogen (secondary N) is 2. The van der Waals surface area contributed by atoms with Gasteiger partial charge in [-0.1, -0.05) is 0 Å². The molecule has 0 aliphatic carbocycles. The van der Waals surface area contributed by atoms with E-state index in [1.165, 1.54) is 58.3 Å². The molecular weight excluding hydrogens is 640 g/mol. The lowest BCUT2D eigenvalue weighted by atomic mass is 10.0. The van der Waals surface area contributed by atoms with Crippen LogP contribution in [0.3, 0.4) is 0 Å². The SMILES string of the molecule is CCOC(NC(=O)OCc1ccc([N+](=O)[O-])cc1)C(=O)C1CNCCN1C(=O)[C@@H]1C[C@H](S)CN1C(=O)OCc1ccc([N+](=O)[O-])cc1. The zero-order valence-corrected chi connectivity index (χ0v) is 26.2. The lowest BCUT2D eigenvalue weighted by Gasteiger charge is -2.39. The number of rotatable bonds is 12. The number of benzene rings is 2. The number of nitro groups is 2. The van der Waals surface area contributed by atoms with Gasteiger partial charge >= 0.3 is 12.2 Å². The predicted molar refractivity (Wildman–Crippen MR) is 166 cm³/mol. The number of ketones is 1. The summed E-state index contributed by atoms with van der Waals surface area (Å²) in [6.07, 6.45) is -3.01. The minimum Gasteiger partial charge on any atom is -0.445 e. The molecule has 0 radical (unpaired) electrons. The van der Waals surface area contributed by atoms with Crippen molar-refractivity contribution in [2.75, 3.05) is 32.8 Å². The van der Waals surface area contributed by atoms with E-state index in [1.54, 1.807) is 6.92 Å². The highest BCUT2D eigenvalue weighted by Gasteiger charge is 2.45. The van der Waals surface area contributed by atoms with Crippen LogP contribution >= 0.6 is 12.6 Å². The van der Waals surface area contributed by atoms with E-state index in [-0.39, 0.29) is 62.5 Å². The fraction of sp³-hybridized carbons (Fsp3) is 0.448. The molecule has 47 heavy (non-hydrogen) atoms. The second kappa shape index (κ2) is 16.1. The minimum absolute atomic E-state index is 0.0471. The van der Waals surface area contributed by atoms with Gasteiger partial charge in [-0.05, 0) is 48.7 Å². The molecule has 2 saturated heterocycles. The van der Waals surface area contributed by atoms with Crippen LogP contribution in [0.1, 0.15) is 24.5 Å². The summed E-state index contributed by atoms with van der Waals surface area (Å²) in [5.41, 5.74) is 0.768. The summed E-state index contributed by atoms with van der Waals surface area (Å²) in [4.78, 5) is 76.5. The number of amides is 3. The van der Waals surface area contributed by atoms with Crippen LogP contribution in [0.15, 0.2) is 48.5 Å². The molecule has 0 aromatic heterocycles. The number of carbonyl (C=O) groups excluding carboxylic acids is 4. The molecule has 252 valence electrons. The molecule has 2 heterocycles. The summed E-state index contributed by atoms with van der Waals surface area (Å²) in [5, 5.41) is 26.9. The first kappa shape index (κ1) is 35.1. The van der Waals surface area contributed by atoms with Gasteiger partial charge in [-0.25, -0.2) is 9.59 Å². The van der Waals surface area contributed by atoms with Gasteiger partial charge in [0.1, 0.15) is 25.3 Å². The maximum atomic E-state index is 13.9. The fourth-order valence-electron chi connectivity index (χ4n) is 5.15. The molecule has 4 atom stereocenters. The molecule has 2 aliphatic heterocycles. The average molecular weight is 675 g/mol. The van der Waals surface area contributed by atoms with Gasteiger partial charge in [0.25, 0.3) is 11.4 Å². The zero-order valence-electron chi connectivity index (χ0n) is 25.3. The standard InChI is InChI=1S/C29H34N6O11S/c1-2-44-26(31-28(38)45-16-18-3-7-20(8-4-18)34(40)41)25(36)24-14-30-11-12-32(24)27(37)23-13-22(47)15-33(23)29(39)46-17-19-5-9-21(10-6-19)35(42)43/h3-10,22-24,26,30,47H,2,11-17H2,1H3,(H,31,38)/t22-,23-,24?,26?/m0/s1. The van der Waals surface area contributed by atoms with Gasteiger partial charge in [0, 0.05) is 62.3 Å². The molecule has 2 aliphatic rings. The van der Waals surface area contributed by atoms with E-state index in [1.807, 2.05) is 0 Å². The number of likely N-dealkylation sites (tertiary alicyclic amines) is 1. The second-order valence-electron chi connectivity index (χ2n) is 10.7. The van der Waals surface area contributed by atoms with E-state index in [4.69, 9.17) is 14.2 Å². The number of hydrogen-bond donors (Lipinski definition) is 3. The van der Waals surface area contributed by atoms with Crippen LogP contribution in [0.5, 0.6) is 0 Å². The van der Waals surface area contributed by atoms with Gasteiger partial charge in [-0.3, -0.25) is 40.0 Å². The van der Waals surface area contributed by atoms with Crippen molar-refractivity contribution in [1.29, 1.82) is 0 Å². The molecule has 18 heteroatoms. The Hall–Kier alpha value is -4.81. The van der Waals surface area contributed by atoms with Crippen LogP contribution in [0, 0.1) is 20.2 Å². The summed E-state index contributed by atoms with van der Waals surface area (Å²) >= 11 is 4.48. The number of carbonyl (C=O) groups is 4. The molecular formula is C29H34N6O11S. The third kappa shape index (κ3) is 9.14. The van der Waals surface area contributed by atoms with Crippen LogP contribution in [-0.2, 0) is 37.0 Å². The normalized spacial score (nSPS) is 19.8. The van der Waals surface area contributed by atoms with Crippen LogP contribution in [0.25, 0.3) is 0 Å². The molecule has 0 spiro atoms. The van der Waals surface area contributed by atoms with Gasteiger partial charge < -0.3 is 24.4 Å². The van der Waals surface area contributed by atoms with Gasteiger partial charge in [-0.2, -0.15) is 12.6 Å². The van der Waals surface area contributed by atoms with E-state index in [9.17, 15) is 39.4 Å². The van der Waals surface area contributed by atoms with Gasteiger partial charge in [0.15, 0.2) is 6.23 Å². The second-order valence-corrected chi connectivity index (χ2v) is 11.4. The van der Waals surface area contributed by atoms with E-state index in [0.717, 1.165) is 0 Å². The third-order valence-corrected chi connectivity index (χ3v) is 7.89. The molecule has 0 saturated carbocycles. The highest BCUT2D eigenvalue weighted by Crippen LogP contribution is 2.26. The predicted octanol–water partition coefficient (Wildman–Crippen LogP) is 2.17. The lowest BCUT2D eigenvalue weighted by Crippen LogP contribution is -2.63. The number of nitrogens with zero attached hydrogens (tertiary/aromatic N) is 4. The molecule has 17 nitrogen and oxygen atoms in total. The Labute approximate surface area is 274 Å². The van der Waals surface area contributed by atoms with Crippen molar-refractivity contribution >= 4 is 47.9 Å². The van der Waals surface area contributed by atoms with Crippen molar-refractivity contribution in [2.45, 2.75) is 50.1 Å². The number of alkyl carbamates (subject to hydrolysis) is 1. The number of non-ortho nitro benzene ring substituents is 2. The van der Waals surface area contributed by atoms with Gasteiger partial charge in [0.2, 0.25) is 11.7 Å². The average Bonchev–Trinajstić information content (AvgIpc) is 3.47. The first-order valence-corrected chi connectivity index (χ1v) is 15.2. The molecule has 2 fully saturated rings. The summed E-state index contributed by atoms with van der Waals surface area (Å²) in [6.45, 7) is 1.96. The first-order valence-electron chi connectivity index (χ1n) is 14.7. The van der Waals surface area contributed by atoms with E-state index < -0.39 is 52.0 Å². The smallest absolute Gasteiger partial charge is 0.410 e. The van der Waals surface area contributed by atoms with Crippen LogP contribution in [0.4, 0.5) is 21.0 Å². The molecule has 2 unspecified atom stereocenters. The number of Topliss-reactive ketones (excluding diaryl/α,β-unsaturated/α-hetero) is 1. The largest absolute Gasteiger partial charge is 0.445 e. The maximum absolute atomic E-state index is 13.9. The quantitative estimate of drug-likeness (QED) is 0.128. The van der Waals surface area contributed by atoms with E-state index >= 15 is 0 Å². The lowest BCUT2D eigenvalue weighted by molar-refractivity contribution is -0.385. The molecule has 3 amide bonds. The van der Waals surface area contributed by atoms with Crippen molar-refractivity contribution < 1.29 is 43.2 Å². The van der Waals surface area contributed by atoms with Crippen molar-refractivity contribution in [2.24, 2.45) is 0 Å². The Morgan fingerprint density at radius 2 is 1.51 bits per heavy atom. The number of ether oxygens (including phenoxy) is 3. The fourth-order valence-corrected chi connectivity index (χ4v) is 5.53. The van der Waals surface area contributed by atoms with Crippen LogP contribution in [-0.4, -0.2) is 99.9 Å². The molecule has 4 rings (SSSR count). The Morgan fingerprint density at radius 1 is 0.936 bits per heavy atom. The van der Waals surface area contributed by atoms with Crippen LogP contribution < -0.4 is 10.6 Å². The van der Waals surface area contributed by atoms with Gasteiger partial charge in [-0.15, -0.1) is 0 Å². The van der Waals surface area contributed by atoms with Crippen molar-refractivity contribution in [3.05, 3.63) is 79.9 Å². The van der Waals surface area contributed by atoms with Crippen LogP contribution in [0.2, 0.25) is 0 Å².